The maximum atomic E-state index is 5.28. The van der Waals surface area contributed by atoms with Crippen LogP contribution in [0.1, 0.15) is 0 Å². The van der Waals surface area contributed by atoms with Crippen LogP contribution in [0, 0.1) is 0 Å². The fraction of sp³-hybridized carbons (Fsp3) is 1.00. The van der Waals surface area contributed by atoms with Crippen molar-refractivity contribution in [3.63, 3.8) is 0 Å². The van der Waals surface area contributed by atoms with Crippen molar-refractivity contribution in [3.05, 3.63) is 0 Å². The number of hydrogen-bond donors (Lipinski definition) is 0. The first-order chi connectivity index (χ1) is 3.79. The van der Waals surface area contributed by atoms with E-state index in [0.717, 1.165) is 24.3 Å². The van der Waals surface area contributed by atoms with Gasteiger partial charge in [0.2, 0.25) is 0 Å². The SMILES string of the molecule is C[N+]12CCOC(C1)O2. The number of rotatable bonds is 0. The molecule has 3 heteroatoms. The lowest BCUT2D eigenvalue weighted by Crippen LogP contribution is -2.67. The van der Waals surface area contributed by atoms with Gasteiger partial charge in [-0.3, -0.25) is 0 Å². The van der Waals surface area contributed by atoms with Crippen LogP contribution in [0.4, 0.5) is 0 Å². The molecule has 3 rings (SSSR count). The van der Waals surface area contributed by atoms with Gasteiger partial charge >= 0.3 is 0 Å². The number of nitrogens with zero attached hydrogens (tertiary/aromatic N) is 1. The maximum Gasteiger partial charge on any atom is 0.268 e. The molecule has 46 valence electrons. The Morgan fingerprint density at radius 3 is 2.62 bits per heavy atom. The molecule has 3 aliphatic heterocycles. The van der Waals surface area contributed by atoms with Gasteiger partial charge in [-0.2, -0.15) is 9.48 Å². The Morgan fingerprint density at radius 1 is 1.62 bits per heavy atom. The summed E-state index contributed by atoms with van der Waals surface area (Å²) < 4.78 is 5.94. The molecule has 0 aromatic carbocycles. The molecule has 8 heavy (non-hydrogen) atoms. The number of ether oxygens (including phenoxy) is 1. The molecule has 0 saturated carbocycles. The van der Waals surface area contributed by atoms with E-state index in [-0.39, 0.29) is 6.29 Å². The summed E-state index contributed by atoms with van der Waals surface area (Å²) in [5.41, 5.74) is 0. The molecule has 3 nitrogen and oxygen atoms in total. The Hall–Kier alpha value is -0.120. The molecule has 0 aromatic heterocycles. The van der Waals surface area contributed by atoms with Gasteiger partial charge in [-0.25, -0.2) is 0 Å². The standard InChI is InChI=1S/C5H10NO2/c1-6-2-3-7-5(4-6)8-6/h5H,2-4H2,1H3/q+1. The molecular weight excluding hydrogens is 106 g/mol. The van der Waals surface area contributed by atoms with E-state index in [1.54, 1.807) is 0 Å². The second kappa shape index (κ2) is 1.23. The number of fused-ring (bicyclic) bond motifs is 2. The van der Waals surface area contributed by atoms with Gasteiger partial charge in [0.1, 0.15) is 13.2 Å². The summed E-state index contributed by atoms with van der Waals surface area (Å²) in [5, 5.41) is 0. The predicted octanol–water partition coefficient (Wildman–Crippen LogP) is -0.266. The quantitative estimate of drug-likeness (QED) is 0.406. The van der Waals surface area contributed by atoms with Crippen LogP contribution >= 0.6 is 0 Å². The fourth-order valence-electron chi connectivity index (χ4n) is 1.19. The summed E-state index contributed by atoms with van der Waals surface area (Å²) in [6.45, 7) is 2.91. The zero-order chi connectivity index (χ0) is 5.61. The van der Waals surface area contributed by atoms with Crippen LogP contribution in [-0.4, -0.2) is 37.7 Å². The van der Waals surface area contributed by atoms with Gasteiger partial charge < -0.3 is 4.74 Å². The van der Waals surface area contributed by atoms with E-state index in [9.17, 15) is 0 Å². The number of morpholine rings is 1. The molecule has 2 atom stereocenters. The van der Waals surface area contributed by atoms with Crippen molar-refractivity contribution in [1.82, 2.24) is 0 Å². The molecule has 0 aliphatic carbocycles. The summed E-state index contributed by atoms with van der Waals surface area (Å²) in [7, 11) is 2.08. The number of quaternary nitrogens is 1. The smallest absolute Gasteiger partial charge is 0.268 e. The Bertz CT molecular complexity index is 103. The topological polar surface area (TPSA) is 18.5 Å². The lowest BCUT2D eigenvalue weighted by atomic mass is 10.4. The summed E-state index contributed by atoms with van der Waals surface area (Å²) in [6, 6.07) is 0. The molecule has 0 N–H and O–H groups in total. The fourth-order valence-corrected chi connectivity index (χ4v) is 1.19. The van der Waals surface area contributed by atoms with E-state index >= 15 is 0 Å². The summed E-state index contributed by atoms with van der Waals surface area (Å²) in [6.07, 6.45) is 0.119. The van der Waals surface area contributed by atoms with Crippen LogP contribution in [0.3, 0.4) is 0 Å². The van der Waals surface area contributed by atoms with Gasteiger partial charge in [-0.05, 0) is 0 Å². The van der Waals surface area contributed by atoms with Gasteiger partial charge in [-0.1, -0.05) is 0 Å². The van der Waals surface area contributed by atoms with E-state index in [1.165, 1.54) is 0 Å². The van der Waals surface area contributed by atoms with Crippen LogP contribution in [0.2, 0.25) is 0 Å². The Balaban J connectivity index is 2.06. The van der Waals surface area contributed by atoms with Crippen molar-refractivity contribution < 1.29 is 14.2 Å². The number of likely N-dealkylation sites (N-methyl/N-ethyl adjacent to an activating group) is 1. The summed E-state index contributed by atoms with van der Waals surface area (Å²) in [5.74, 6) is 0. The van der Waals surface area contributed by atoms with Crippen molar-refractivity contribution in [3.8, 4) is 0 Å². The minimum Gasteiger partial charge on any atom is -0.337 e. The Labute approximate surface area is 48.3 Å². The zero-order valence-corrected chi connectivity index (χ0v) is 4.96. The van der Waals surface area contributed by atoms with Crippen LogP contribution in [0.25, 0.3) is 0 Å². The Morgan fingerprint density at radius 2 is 2.38 bits per heavy atom. The largest absolute Gasteiger partial charge is 0.337 e. The Kier molecular flexibility index (Phi) is 0.730. The molecule has 3 saturated heterocycles. The highest BCUT2D eigenvalue weighted by molar-refractivity contribution is 4.53. The third-order valence-electron chi connectivity index (χ3n) is 1.78. The van der Waals surface area contributed by atoms with E-state index in [2.05, 4.69) is 7.05 Å². The lowest BCUT2D eigenvalue weighted by molar-refractivity contribution is -1.17. The second-order valence-electron chi connectivity index (χ2n) is 2.61. The van der Waals surface area contributed by atoms with Gasteiger partial charge in [0, 0.05) is 0 Å². The van der Waals surface area contributed by atoms with Crippen LogP contribution < -0.4 is 0 Å². The zero-order valence-electron chi connectivity index (χ0n) is 4.96. The molecule has 0 amide bonds. The maximum absolute atomic E-state index is 5.28. The molecule has 3 aliphatic rings. The third-order valence-corrected chi connectivity index (χ3v) is 1.78. The minimum atomic E-state index is 0.119. The normalized spacial score (nSPS) is 52.9. The van der Waals surface area contributed by atoms with E-state index in [1.807, 2.05) is 0 Å². The number of hydroxylamine groups is 3. The summed E-state index contributed by atoms with van der Waals surface area (Å²) >= 11 is 0. The van der Waals surface area contributed by atoms with Gasteiger partial charge in [0.15, 0.2) is 6.54 Å². The monoisotopic (exact) mass is 116 g/mol. The van der Waals surface area contributed by atoms with Crippen LogP contribution in [0.5, 0.6) is 0 Å². The van der Waals surface area contributed by atoms with Crippen molar-refractivity contribution in [2.24, 2.45) is 0 Å². The van der Waals surface area contributed by atoms with Crippen LogP contribution in [-0.2, 0) is 9.57 Å². The molecule has 2 bridgehead atoms. The molecular formula is C5H10NO2+. The van der Waals surface area contributed by atoms with Crippen molar-refractivity contribution in [2.75, 3.05) is 26.7 Å². The molecule has 0 radical (unpaired) electrons. The average Bonchev–Trinajstić information content (AvgIpc) is 1.63. The lowest BCUT2D eigenvalue weighted by Gasteiger charge is -2.47. The predicted molar refractivity (Wildman–Crippen MR) is 26.7 cm³/mol. The second-order valence-corrected chi connectivity index (χ2v) is 2.61. The first-order valence-corrected chi connectivity index (χ1v) is 2.93. The number of hydrogen-bond acceptors (Lipinski definition) is 2. The van der Waals surface area contributed by atoms with Crippen molar-refractivity contribution >= 4 is 0 Å². The third kappa shape index (κ3) is 0.491. The molecule has 3 heterocycles. The highest BCUT2D eigenvalue weighted by atomic mass is 16.9. The molecule has 0 aromatic rings. The van der Waals surface area contributed by atoms with E-state index in [0.29, 0.717) is 0 Å². The van der Waals surface area contributed by atoms with E-state index < -0.39 is 0 Å². The van der Waals surface area contributed by atoms with Crippen molar-refractivity contribution in [1.29, 1.82) is 0 Å². The highest BCUT2D eigenvalue weighted by Crippen LogP contribution is 2.26. The minimum absolute atomic E-state index is 0.119. The highest BCUT2D eigenvalue weighted by Gasteiger charge is 2.48. The first-order valence-electron chi connectivity index (χ1n) is 2.93. The molecule has 0 spiro atoms. The summed E-state index contributed by atoms with van der Waals surface area (Å²) in [4.78, 5) is 5.28. The van der Waals surface area contributed by atoms with Crippen molar-refractivity contribution in [2.45, 2.75) is 6.29 Å². The molecule has 2 unspecified atom stereocenters. The first kappa shape index (κ1) is 4.73. The molecule has 3 fully saturated rings. The van der Waals surface area contributed by atoms with Crippen LogP contribution in [0.15, 0.2) is 0 Å². The van der Waals surface area contributed by atoms with Gasteiger partial charge in [0.05, 0.1) is 7.05 Å². The van der Waals surface area contributed by atoms with E-state index in [4.69, 9.17) is 9.57 Å². The van der Waals surface area contributed by atoms with Gasteiger partial charge in [0.25, 0.3) is 6.29 Å². The van der Waals surface area contributed by atoms with Gasteiger partial charge in [-0.15, -0.1) is 0 Å². The average molecular weight is 116 g/mol.